The van der Waals surface area contributed by atoms with Gasteiger partial charge in [-0.3, -0.25) is 9.89 Å². The summed E-state index contributed by atoms with van der Waals surface area (Å²) in [7, 11) is 0. The molecule has 1 fully saturated rings. The highest BCUT2D eigenvalue weighted by Gasteiger charge is 2.17. The van der Waals surface area contributed by atoms with Crippen molar-refractivity contribution in [2.24, 2.45) is 0 Å². The van der Waals surface area contributed by atoms with E-state index in [-0.39, 0.29) is 17.3 Å². The molecule has 1 amide bonds. The van der Waals surface area contributed by atoms with Crippen LogP contribution in [0.5, 0.6) is 0 Å². The largest absolute Gasteiger partial charge is 0.382 e. The smallest absolute Gasteiger partial charge is 0.273 e. The summed E-state index contributed by atoms with van der Waals surface area (Å²) in [5.41, 5.74) is 6.65. The fourth-order valence-corrected chi connectivity index (χ4v) is 2.45. The lowest BCUT2D eigenvalue weighted by Gasteiger charge is -2.18. The van der Waals surface area contributed by atoms with E-state index < -0.39 is 5.91 Å². The van der Waals surface area contributed by atoms with E-state index in [1.807, 2.05) is 4.90 Å². The van der Waals surface area contributed by atoms with Crippen molar-refractivity contribution in [2.75, 3.05) is 29.0 Å². The van der Waals surface area contributed by atoms with Crippen LogP contribution in [0.4, 0.5) is 21.6 Å². The number of benzene rings is 1. The van der Waals surface area contributed by atoms with Crippen LogP contribution in [-0.4, -0.2) is 29.2 Å². The molecule has 0 bridgehead atoms. The van der Waals surface area contributed by atoms with Crippen molar-refractivity contribution in [1.82, 2.24) is 10.2 Å². The van der Waals surface area contributed by atoms with Gasteiger partial charge in [-0.05, 0) is 31.0 Å². The molecule has 1 saturated heterocycles. The van der Waals surface area contributed by atoms with Gasteiger partial charge < -0.3 is 16.0 Å². The Morgan fingerprint density at radius 3 is 2.71 bits per heavy atom. The Morgan fingerprint density at radius 1 is 1.33 bits per heavy atom. The van der Waals surface area contributed by atoms with Crippen LogP contribution in [0.3, 0.4) is 0 Å². The number of halogens is 1. The summed E-state index contributed by atoms with van der Waals surface area (Å²) in [6.07, 6.45) is 2.17. The number of carbonyl (C=O) groups is 1. The van der Waals surface area contributed by atoms with Gasteiger partial charge in [0.25, 0.3) is 5.91 Å². The van der Waals surface area contributed by atoms with Crippen LogP contribution in [-0.2, 0) is 0 Å². The zero-order chi connectivity index (χ0) is 14.8. The minimum Gasteiger partial charge on any atom is -0.382 e. The zero-order valence-corrected chi connectivity index (χ0v) is 11.4. The monoisotopic (exact) mass is 289 g/mol. The van der Waals surface area contributed by atoms with E-state index in [1.165, 1.54) is 12.1 Å². The molecule has 0 atom stereocenters. The predicted molar refractivity (Wildman–Crippen MR) is 78.8 cm³/mol. The molecule has 1 aromatic carbocycles. The number of nitrogens with two attached hydrogens (primary N) is 1. The molecule has 0 unspecified atom stereocenters. The SMILES string of the molecule is Nc1cc(C(=O)Nc2ccc(N3CCCC3)c(F)c2)[nH]n1. The molecular formula is C14H16FN5O. The molecule has 1 aliphatic heterocycles. The van der Waals surface area contributed by atoms with Crippen molar-refractivity contribution < 1.29 is 9.18 Å². The number of aromatic amines is 1. The van der Waals surface area contributed by atoms with Gasteiger partial charge in [0.15, 0.2) is 0 Å². The van der Waals surface area contributed by atoms with Crippen LogP contribution in [0.25, 0.3) is 0 Å². The third kappa shape index (κ3) is 2.81. The van der Waals surface area contributed by atoms with Crippen molar-refractivity contribution in [3.8, 4) is 0 Å². The molecule has 4 N–H and O–H groups in total. The lowest BCUT2D eigenvalue weighted by molar-refractivity contribution is 0.102. The van der Waals surface area contributed by atoms with Gasteiger partial charge in [0.1, 0.15) is 17.3 Å². The molecule has 7 heteroatoms. The van der Waals surface area contributed by atoms with Crippen molar-refractivity contribution in [3.05, 3.63) is 35.8 Å². The number of aromatic nitrogens is 2. The maximum Gasteiger partial charge on any atom is 0.273 e. The average molecular weight is 289 g/mol. The zero-order valence-electron chi connectivity index (χ0n) is 11.4. The minimum atomic E-state index is -0.410. The normalized spacial score (nSPS) is 14.4. The molecule has 1 aliphatic rings. The molecule has 6 nitrogen and oxygen atoms in total. The quantitative estimate of drug-likeness (QED) is 0.806. The van der Waals surface area contributed by atoms with Gasteiger partial charge in [0.05, 0.1) is 5.69 Å². The van der Waals surface area contributed by atoms with Gasteiger partial charge in [-0.2, -0.15) is 5.10 Å². The van der Waals surface area contributed by atoms with Gasteiger partial charge in [-0.25, -0.2) is 4.39 Å². The first-order valence-corrected chi connectivity index (χ1v) is 6.80. The molecule has 21 heavy (non-hydrogen) atoms. The highest BCUT2D eigenvalue weighted by Crippen LogP contribution is 2.26. The molecule has 3 rings (SSSR count). The molecule has 110 valence electrons. The fraction of sp³-hybridized carbons (Fsp3) is 0.286. The topological polar surface area (TPSA) is 87.0 Å². The molecule has 0 spiro atoms. The standard InChI is InChI=1S/C14H16FN5O/c15-10-7-9(3-4-12(10)20-5-1-2-6-20)17-14(21)11-8-13(16)19-18-11/h3-4,7-8H,1-2,5-6H2,(H,17,21)(H3,16,18,19). The molecule has 1 aromatic heterocycles. The van der Waals surface area contributed by atoms with E-state index in [0.29, 0.717) is 11.4 Å². The maximum absolute atomic E-state index is 14.1. The number of anilines is 3. The van der Waals surface area contributed by atoms with E-state index in [9.17, 15) is 9.18 Å². The molecule has 0 radical (unpaired) electrons. The lowest BCUT2D eigenvalue weighted by atomic mass is 10.2. The Kier molecular flexibility index (Phi) is 3.47. The summed E-state index contributed by atoms with van der Waals surface area (Å²) in [6, 6.07) is 6.13. The summed E-state index contributed by atoms with van der Waals surface area (Å²) in [5, 5.41) is 8.79. The van der Waals surface area contributed by atoms with E-state index in [4.69, 9.17) is 5.73 Å². The van der Waals surface area contributed by atoms with Crippen LogP contribution in [0.2, 0.25) is 0 Å². The first-order chi connectivity index (χ1) is 10.1. The number of hydrogen-bond donors (Lipinski definition) is 3. The Hall–Kier alpha value is -2.57. The van der Waals surface area contributed by atoms with Crippen LogP contribution in [0.15, 0.2) is 24.3 Å². The summed E-state index contributed by atoms with van der Waals surface area (Å²) in [6.45, 7) is 1.74. The Bertz CT molecular complexity index is 663. The molecule has 0 saturated carbocycles. The number of carbonyl (C=O) groups excluding carboxylic acids is 1. The molecule has 2 aromatic rings. The third-order valence-electron chi connectivity index (χ3n) is 3.49. The van der Waals surface area contributed by atoms with Crippen molar-refractivity contribution in [2.45, 2.75) is 12.8 Å². The Labute approximate surface area is 121 Å². The molecule has 0 aliphatic carbocycles. The second-order valence-corrected chi connectivity index (χ2v) is 5.02. The van der Waals surface area contributed by atoms with Gasteiger partial charge in [0.2, 0.25) is 0 Å². The fourth-order valence-electron chi connectivity index (χ4n) is 2.45. The highest BCUT2D eigenvalue weighted by atomic mass is 19.1. The average Bonchev–Trinajstić information content (AvgIpc) is 3.10. The summed E-state index contributed by atoms with van der Waals surface area (Å²) in [4.78, 5) is 13.9. The first kappa shape index (κ1) is 13.4. The van der Waals surface area contributed by atoms with Crippen molar-refractivity contribution in [1.29, 1.82) is 0 Å². The van der Waals surface area contributed by atoms with Crippen molar-refractivity contribution >= 4 is 23.1 Å². The van der Waals surface area contributed by atoms with Crippen LogP contribution in [0.1, 0.15) is 23.3 Å². The summed E-state index contributed by atoms with van der Waals surface area (Å²) < 4.78 is 14.1. The van der Waals surface area contributed by atoms with Gasteiger partial charge in [0, 0.05) is 24.8 Å². The maximum atomic E-state index is 14.1. The van der Waals surface area contributed by atoms with E-state index in [2.05, 4.69) is 15.5 Å². The molecule has 2 heterocycles. The molecular weight excluding hydrogens is 273 g/mol. The Morgan fingerprint density at radius 2 is 2.10 bits per heavy atom. The van der Waals surface area contributed by atoms with Crippen LogP contribution < -0.4 is 16.0 Å². The third-order valence-corrected chi connectivity index (χ3v) is 3.49. The number of amides is 1. The summed E-state index contributed by atoms with van der Waals surface area (Å²) >= 11 is 0. The number of hydrogen-bond acceptors (Lipinski definition) is 4. The minimum absolute atomic E-state index is 0.232. The van der Waals surface area contributed by atoms with Crippen LogP contribution in [0, 0.1) is 5.82 Å². The number of H-pyrrole nitrogens is 1. The lowest BCUT2D eigenvalue weighted by Crippen LogP contribution is -2.19. The predicted octanol–water partition coefficient (Wildman–Crippen LogP) is 1.98. The van der Waals surface area contributed by atoms with E-state index in [1.54, 1.807) is 12.1 Å². The second kappa shape index (κ2) is 5.43. The van der Waals surface area contributed by atoms with Crippen LogP contribution >= 0.6 is 0 Å². The van der Waals surface area contributed by atoms with Crippen molar-refractivity contribution in [3.63, 3.8) is 0 Å². The van der Waals surface area contributed by atoms with Gasteiger partial charge >= 0.3 is 0 Å². The second-order valence-electron chi connectivity index (χ2n) is 5.02. The summed E-state index contributed by atoms with van der Waals surface area (Å²) in [5.74, 6) is -0.512. The Balaban J connectivity index is 1.74. The van der Waals surface area contributed by atoms with E-state index in [0.717, 1.165) is 25.9 Å². The highest BCUT2D eigenvalue weighted by molar-refractivity contribution is 6.03. The van der Waals surface area contributed by atoms with Gasteiger partial charge in [-0.15, -0.1) is 0 Å². The first-order valence-electron chi connectivity index (χ1n) is 6.80. The number of nitrogens with one attached hydrogen (secondary N) is 2. The van der Waals surface area contributed by atoms with E-state index >= 15 is 0 Å². The number of nitrogen functional groups attached to an aromatic ring is 1. The number of nitrogens with zero attached hydrogens (tertiary/aromatic N) is 2. The van der Waals surface area contributed by atoms with Gasteiger partial charge in [-0.1, -0.05) is 0 Å². The number of rotatable bonds is 3.